The minimum atomic E-state index is 0.439. The van der Waals surface area contributed by atoms with Crippen LogP contribution in [0, 0.1) is 0 Å². The lowest BCUT2D eigenvalue weighted by Gasteiger charge is -2.29. The van der Waals surface area contributed by atoms with Crippen molar-refractivity contribution >= 4 is 29.3 Å². The molecule has 5 heteroatoms. The first-order valence-electron chi connectivity index (χ1n) is 6.95. The van der Waals surface area contributed by atoms with Crippen LogP contribution < -0.4 is 5.32 Å². The average Bonchev–Trinajstić information content (AvgIpc) is 2.46. The van der Waals surface area contributed by atoms with E-state index in [1.54, 1.807) is 0 Å². The molecule has 0 bridgehead atoms. The summed E-state index contributed by atoms with van der Waals surface area (Å²) < 4.78 is 0. The summed E-state index contributed by atoms with van der Waals surface area (Å²) in [5, 5.41) is 4.25. The Labute approximate surface area is 124 Å². The van der Waals surface area contributed by atoms with Crippen molar-refractivity contribution in [1.82, 2.24) is 9.97 Å². The third-order valence-corrected chi connectivity index (χ3v) is 6.56. The fraction of sp³-hybridized carbons (Fsp3) is 0.714. The second-order valence-corrected chi connectivity index (χ2v) is 7.65. The van der Waals surface area contributed by atoms with Crippen molar-refractivity contribution in [2.45, 2.75) is 43.6 Å². The van der Waals surface area contributed by atoms with Gasteiger partial charge in [0, 0.05) is 35.6 Å². The van der Waals surface area contributed by atoms with Crippen molar-refractivity contribution in [1.29, 1.82) is 0 Å². The molecular formula is C14H23N3S2. The predicted molar refractivity (Wildman–Crippen MR) is 87.4 cm³/mol. The van der Waals surface area contributed by atoms with E-state index in [-0.39, 0.29) is 0 Å². The van der Waals surface area contributed by atoms with E-state index >= 15 is 0 Å². The summed E-state index contributed by atoms with van der Waals surface area (Å²) >= 11 is 4.09. The molecule has 1 aromatic heterocycles. The third kappa shape index (κ3) is 3.57. The Balaban J connectivity index is 2.33. The van der Waals surface area contributed by atoms with Gasteiger partial charge in [-0.15, -0.1) is 11.8 Å². The van der Waals surface area contributed by atoms with Gasteiger partial charge in [0.2, 0.25) is 0 Å². The Morgan fingerprint density at radius 2 is 2.05 bits per heavy atom. The number of hydrogen-bond acceptors (Lipinski definition) is 5. The minimum absolute atomic E-state index is 0.439. The summed E-state index contributed by atoms with van der Waals surface area (Å²) in [6, 6.07) is 2.07. The molecular weight excluding hydrogens is 274 g/mol. The molecule has 2 unspecified atom stereocenters. The second-order valence-electron chi connectivity index (χ2n) is 5.05. The largest absolute Gasteiger partial charge is 0.373 e. The number of nitrogens with zero attached hydrogens (tertiary/aromatic N) is 2. The molecule has 0 aromatic carbocycles. The van der Waals surface area contributed by atoms with Crippen LogP contribution in [0.25, 0.3) is 0 Å². The SMILES string of the molecule is CCC1SCCSC1c1nc(NC)cc(C(C)C)n1. The maximum absolute atomic E-state index is 4.82. The van der Waals surface area contributed by atoms with Crippen LogP contribution in [0.15, 0.2) is 6.07 Å². The van der Waals surface area contributed by atoms with Gasteiger partial charge in [0.25, 0.3) is 0 Å². The van der Waals surface area contributed by atoms with Crippen LogP contribution in [0.2, 0.25) is 0 Å². The summed E-state index contributed by atoms with van der Waals surface area (Å²) in [5.74, 6) is 4.85. The van der Waals surface area contributed by atoms with Gasteiger partial charge in [-0.25, -0.2) is 9.97 Å². The molecule has 2 atom stereocenters. The van der Waals surface area contributed by atoms with E-state index in [9.17, 15) is 0 Å². The Hall–Kier alpha value is -0.420. The van der Waals surface area contributed by atoms with Crippen molar-refractivity contribution in [2.75, 3.05) is 23.9 Å². The molecule has 1 aliphatic rings. The van der Waals surface area contributed by atoms with E-state index in [1.807, 2.05) is 18.8 Å². The molecule has 2 heterocycles. The number of anilines is 1. The molecule has 2 rings (SSSR count). The monoisotopic (exact) mass is 297 g/mol. The van der Waals surface area contributed by atoms with Crippen LogP contribution in [0.5, 0.6) is 0 Å². The summed E-state index contributed by atoms with van der Waals surface area (Å²) in [5.41, 5.74) is 1.14. The van der Waals surface area contributed by atoms with Crippen LogP contribution in [-0.2, 0) is 0 Å². The molecule has 1 fully saturated rings. The van der Waals surface area contributed by atoms with Gasteiger partial charge >= 0.3 is 0 Å². The highest BCUT2D eigenvalue weighted by Crippen LogP contribution is 2.43. The predicted octanol–water partition coefficient (Wildman–Crippen LogP) is 3.94. The Morgan fingerprint density at radius 3 is 2.68 bits per heavy atom. The van der Waals surface area contributed by atoms with Crippen LogP contribution in [-0.4, -0.2) is 33.8 Å². The zero-order valence-corrected chi connectivity index (χ0v) is 13.8. The van der Waals surface area contributed by atoms with E-state index in [0.717, 1.165) is 17.3 Å². The third-order valence-electron chi connectivity index (χ3n) is 3.32. The van der Waals surface area contributed by atoms with Gasteiger partial charge in [0.1, 0.15) is 11.6 Å². The summed E-state index contributed by atoms with van der Waals surface area (Å²) in [6.07, 6.45) is 1.19. The first kappa shape index (κ1) is 15.0. The Morgan fingerprint density at radius 1 is 1.32 bits per heavy atom. The number of aromatic nitrogens is 2. The second kappa shape index (κ2) is 6.84. The number of nitrogens with one attached hydrogen (secondary N) is 1. The van der Waals surface area contributed by atoms with Crippen LogP contribution in [0.4, 0.5) is 5.82 Å². The summed E-state index contributed by atoms with van der Waals surface area (Å²) in [4.78, 5) is 9.52. The first-order chi connectivity index (χ1) is 9.15. The van der Waals surface area contributed by atoms with Crippen LogP contribution in [0.1, 0.15) is 49.9 Å². The van der Waals surface area contributed by atoms with Gasteiger partial charge in [-0.3, -0.25) is 0 Å². The highest BCUT2D eigenvalue weighted by molar-refractivity contribution is 8.06. The molecule has 3 nitrogen and oxygen atoms in total. The van der Waals surface area contributed by atoms with Crippen LogP contribution >= 0.6 is 23.5 Å². The van der Waals surface area contributed by atoms with Gasteiger partial charge in [-0.2, -0.15) is 11.8 Å². The molecule has 1 N–H and O–H groups in total. The van der Waals surface area contributed by atoms with E-state index in [1.165, 1.54) is 17.9 Å². The van der Waals surface area contributed by atoms with E-state index in [0.29, 0.717) is 16.4 Å². The zero-order chi connectivity index (χ0) is 13.8. The maximum Gasteiger partial charge on any atom is 0.145 e. The van der Waals surface area contributed by atoms with Crippen molar-refractivity contribution in [3.63, 3.8) is 0 Å². The lowest BCUT2D eigenvalue weighted by molar-refractivity contribution is 0.724. The maximum atomic E-state index is 4.82. The first-order valence-corrected chi connectivity index (χ1v) is 9.05. The quantitative estimate of drug-likeness (QED) is 0.911. The molecule has 0 radical (unpaired) electrons. The van der Waals surface area contributed by atoms with Gasteiger partial charge < -0.3 is 5.32 Å². The van der Waals surface area contributed by atoms with Gasteiger partial charge in [-0.05, 0) is 12.3 Å². The fourth-order valence-electron chi connectivity index (χ4n) is 2.18. The molecule has 1 saturated heterocycles. The topological polar surface area (TPSA) is 37.8 Å². The van der Waals surface area contributed by atoms with Gasteiger partial charge in [0.05, 0.1) is 5.25 Å². The van der Waals surface area contributed by atoms with Crippen molar-refractivity contribution in [3.05, 3.63) is 17.6 Å². The molecule has 106 valence electrons. The fourth-order valence-corrected chi connectivity index (χ4v) is 5.17. The number of hydrogen-bond donors (Lipinski definition) is 1. The van der Waals surface area contributed by atoms with E-state index < -0.39 is 0 Å². The van der Waals surface area contributed by atoms with Gasteiger partial charge in [0.15, 0.2) is 0 Å². The molecule has 1 aliphatic heterocycles. The van der Waals surface area contributed by atoms with Crippen molar-refractivity contribution in [2.24, 2.45) is 0 Å². The standard InChI is InChI=1S/C14H23N3S2/c1-5-11-13(19-7-6-18-11)14-16-10(9(2)3)8-12(15-4)17-14/h8-9,11,13H,5-7H2,1-4H3,(H,15,16,17). The van der Waals surface area contributed by atoms with Crippen LogP contribution in [0.3, 0.4) is 0 Å². The summed E-state index contributed by atoms with van der Waals surface area (Å²) in [7, 11) is 1.93. The van der Waals surface area contributed by atoms with E-state index in [4.69, 9.17) is 9.97 Å². The normalized spacial score (nSPS) is 23.6. The number of rotatable bonds is 4. The molecule has 0 amide bonds. The van der Waals surface area contributed by atoms with Crippen molar-refractivity contribution in [3.8, 4) is 0 Å². The smallest absolute Gasteiger partial charge is 0.145 e. The highest BCUT2D eigenvalue weighted by atomic mass is 32.2. The average molecular weight is 297 g/mol. The highest BCUT2D eigenvalue weighted by Gasteiger charge is 2.29. The minimum Gasteiger partial charge on any atom is -0.373 e. The zero-order valence-electron chi connectivity index (χ0n) is 12.1. The lowest BCUT2D eigenvalue weighted by atomic mass is 10.1. The number of thioether (sulfide) groups is 2. The summed E-state index contributed by atoms with van der Waals surface area (Å²) in [6.45, 7) is 6.64. The molecule has 0 saturated carbocycles. The molecule has 0 spiro atoms. The molecule has 19 heavy (non-hydrogen) atoms. The Bertz CT molecular complexity index is 423. The Kier molecular flexibility index (Phi) is 5.39. The van der Waals surface area contributed by atoms with Crippen molar-refractivity contribution < 1.29 is 0 Å². The molecule has 1 aromatic rings. The van der Waals surface area contributed by atoms with E-state index in [2.05, 4.69) is 43.9 Å². The molecule has 0 aliphatic carbocycles. The van der Waals surface area contributed by atoms with Gasteiger partial charge in [-0.1, -0.05) is 20.8 Å². The lowest BCUT2D eigenvalue weighted by Crippen LogP contribution is -2.21.